The van der Waals surface area contributed by atoms with Gasteiger partial charge in [0, 0.05) is 35.2 Å². The summed E-state index contributed by atoms with van der Waals surface area (Å²) in [5.41, 5.74) is 0.591. The van der Waals surface area contributed by atoms with E-state index in [1.807, 2.05) is 0 Å². The molecule has 0 saturated carbocycles. The van der Waals surface area contributed by atoms with Gasteiger partial charge in [0.15, 0.2) is 0 Å². The van der Waals surface area contributed by atoms with Crippen molar-refractivity contribution < 1.29 is 9.26 Å². The number of aromatic nitrogens is 2. The molecule has 1 atom stereocenters. The van der Waals surface area contributed by atoms with Crippen LogP contribution in [0.1, 0.15) is 6.42 Å². The molecule has 2 aromatic rings. The van der Waals surface area contributed by atoms with Crippen molar-refractivity contribution in [2.75, 3.05) is 37.7 Å². The molecule has 2 fully saturated rings. The second-order valence-corrected chi connectivity index (χ2v) is 6.81. The Morgan fingerprint density at radius 1 is 1.22 bits per heavy atom. The summed E-state index contributed by atoms with van der Waals surface area (Å²) in [6, 6.07) is 5.71. The molecule has 3 heterocycles. The average molecular weight is 355 g/mol. The molecule has 23 heavy (non-hydrogen) atoms. The minimum atomic E-state index is -0.147. The van der Waals surface area contributed by atoms with Gasteiger partial charge in [-0.15, -0.1) is 0 Å². The lowest BCUT2D eigenvalue weighted by Gasteiger charge is -2.33. The fraction of sp³-hybridized carbons (Fsp3) is 0.467. The maximum Gasteiger partial charge on any atom is 0.324 e. The molecule has 0 bridgehead atoms. The highest BCUT2D eigenvalue weighted by Crippen LogP contribution is 2.31. The van der Waals surface area contributed by atoms with Crippen LogP contribution in [0.2, 0.25) is 10.0 Å². The van der Waals surface area contributed by atoms with Gasteiger partial charge < -0.3 is 19.5 Å². The zero-order chi connectivity index (χ0) is 15.9. The van der Waals surface area contributed by atoms with E-state index in [4.69, 9.17) is 32.5 Å². The van der Waals surface area contributed by atoms with Crippen LogP contribution in [-0.4, -0.2) is 48.5 Å². The number of hydrogen-bond acceptors (Lipinski definition) is 6. The molecule has 1 spiro atoms. The fourth-order valence-electron chi connectivity index (χ4n) is 3.12. The third-order valence-electron chi connectivity index (χ3n) is 4.26. The summed E-state index contributed by atoms with van der Waals surface area (Å²) in [6.07, 6.45) is 0.945. The van der Waals surface area contributed by atoms with E-state index in [9.17, 15) is 0 Å². The van der Waals surface area contributed by atoms with Crippen LogP contribution in [0.15, 0.2) is 22.7 Å². The average Bonchev–Trinajstić information content (AvgIpc) is 3.15. The Morgan fingerprint density at radius 3 is 2.78 bits per heavy atom. The van der Waals surface area contributed by atoms with Gasteiger partial charge in [-0.2, -0.15) is 4.98 Å². The largest absolute Gasteiger partial charge is 0.370 e. The summed E-state index contributed by atoms with van der Waals surface area (Å²) in [4.78, 5) is 6.54. The van der Waals surface area contributed by atoms with Crippen molar-refractivity contribution in [3.05, 3.63) is 28.2 Å². The van der Waals surface area contributed by atoms with E-state index in [0.717, 1.165) is 44.8 Å². The van der Waals surface area contributed by atoms with Gasteiger partial charge in [-0.05, 0) is 24.6 Å². The number of nitrogens with zero attached hydrogens (tertiary/aromatic N) is 3. The van der Waals surface area contributed by atoms with E-state index >= 15 is 0 Å². The molecule has 1 unspecified atom stereocenters. The third-order valence-corrected chi connectivity index (χ3v) is 4.69. The maximum absolute atomic E-state index is 6.03. The van der Waals surface area contributed by atoms with Crippen molar-refractivity contribution in [1.82, 2.24) is 15.5 Å². The van der Waals surface area contributed by atoms with Crippen LogP contribution >= 0.6 is 23.2 Å². The summed E-state index contributed by atoms with van der Waals surface area (Å²) in [7, 11) is 0. The molecule has 0 amide bonds. The van der Waals surface area contributed by atoms with Gasteiger partial charge in [-0.25, -0.2) is 0 Å². The zero-order valence-electron chi connectivity index (χ0n) is 12.4. The highest BCUT2D eigenvalue weighted by molar-refractivity contribution is 6.35. The molecule has 122 valence electrons. The third kappa shape index (κ3) is 3.04. The van der Waals surface area contributed by atoms with Crippen LogP contribution in [0.25, 0.3) is 11.4 Å². The molecular weight excluding hydrogens is 339 g/mol. The molecule has 0 aliphatic carbocycles. The molecular formula is C15H16Cl2N4O2. The number of halogens is 2. The molecule has 4 rings (SSSR count). The highest BCUT2D eigenvalue weighted by atomic mass is 35.5. The Labute approximate surface area is 143 Å². The van der Waals surface area contributed by atoms with Crippen molar-refractivity contribution in [1.29, 1.82) is 0 Å². The van der Waals surface area contributed by atoms with Crippen molar-refractivity contribution in [2.45, 2.75) is 12.0 Å². The summed E-state index contributed by atoms with van der Waals surface area (Å²) < 4.78 is 11.4. The fourth-order valence-corrected chi connectivity index (χ4v) is 3.65. The number of ether oxygens (including phenoxy) is 1. The molecule has 2 aliphatic heterocycles. The van der Waals surface area contributed by atoms with E-state index in [2.05, 4.69) is 20.4 Å². The van der Waals surface area contributed by atoms with Crippen molar-refractivity contribution in [3.63, 3.8) is 0 Å². The standard InChI is InChI=1S/C15H16Cl2N4O2/c16-11-5-10(6-12(17)7-11)13-19-14(23-20-13)21-3-1-15(9-21)8-18-2-4-22-15/h5-7,18H,1-4,8-9H2. The number of morpholine rings is 1. The summed E-state index contributed by atoms with van der Waals surface area (Å²) in [5, 5.41) is 8.52. The Morgan fingerprint density at radius 2 is 2.04 bits per heavy atom. The first kappa shape index (κ1) is 15.2. The molecule has 1 aromatic carbocycles. The lowest BCUT2D eigenvalue weighted by atomic mass is 10.0. The molecule has 6 nitrogen and oxygen atoms in total. The molecule has 2 aliphatic rings. The van der Waals surface area contributed by atoms with Crippen LogP contribution < -0.4 is 10.2 Å². The van der Waals surface area contributed by atoms with E-state index in [1.54, 1.807) is 18.2 Å². The lowest BCUT2D eigenvalue weighted by Crippen LogP contribution is -2.51. The molecule has 1 N–H and O–H groups in total. The monoisotopic (exact) mass is 354 g/mol. The quantitative estimate of drug-likeness (QED) is 0.894. The summed E-state index contributed by atoms with van der Waals surface area (Å²) >= 11 is 12.1. The van der Waals surface area contributed by atoms with Crippen LogP contribution in [-0.2, 0) is 4.74 Å². The number of benzene rings is 1. The number of hydrogen-bond donors (Lipinski definition) is 1. The van der Waals surface area contributed by atoms with E-state index in [1.165, 1.54) is 0 Å². The predicted octanol–water partition coefficient (Wildman–Crippen LogP) is 2.61. The smallest absolute Gasteiger partial charge is 0.324 e. The highest BCUT2D eigenvalue weighted by Gasteiger charge is 2.42. The molecule has 0 radical (unpaired) electrons. The summed E-state index contributed by atoms with van der Waals surface area (Å²) in [6.45, 7) is 4.08. The minimum absolute atomic E-state index is 0.147. The van der Waals surface area contributed by atoms with Crippen LogP contribution in [0.4, 0.5) is 6.01 Å². The SMILES string of the molecule is Clc1cc(Cl)cc(-c2noc(N3CCC4(CNCCO4)C3)n2)c1. The topological polar surface area (TPSA) is 63.4 Å². The molecule has 2 saturated heterocycles. The number of nitrogens with one attached hydrogen (secondary N) is 1. The zero-order valence-corrected chi connectivity index (χ0v) is 13.9. The second-order valence-electron chi connectivity index (χ2n) is 5.94. The van der Waals surface area contributed by atoms with Crippen LogP contribution in [0, 0.1) is 0 Å². The van der Waals surface area contributed by atoms with Gasteiger partial charge in [0.2, 0.25) is 5.82 Å². The first-order valence-electron chi connectivity index (χ1n) is 7.53. The Bertz CT molecular complexity index is 695. The van der Waals surface area contributed by atoms with Gasteiger partial charge in [-0.3, -0.25) is 0 Å². The summed E-state index contributed by atoms with van der Waals surface area (Å²) in [5.74, 6) is 0.480. The first-order chi connectivity index (χ1) is 11.1. The lowest BCUT2D eigenvalue weighted by molar-refractivity contribution is -0.0497. The van der Waals surface area contributed by atoms with Crippen molar-refractivity contribution >= 4 is 29.2 Å². The van der Waals surface area contributed by atoms with Gasteiger partial charge in [0.05, 0.1) is 18.8 Å². The second kappa shape index (κ2) is 5.94. The Hall–Kier alpha value is -1.34. The Kier molecular flexibility index (Phi) is 3.93. The normalized spacial score (nSPS) is 24.5. The molecule has 8 heteroatoms. The predicted molar refractivity (Wildman–Crippen MR) is 88.1 cm³/mol. The minimum Gasteiger partial charge on any atom is -0.370 e. The molecule has 1 aromatic heterocycles. The number of rotatable bonds is 2. The first-order valence-corrected chi connectivity index (χ1v) is 8.29. The van der Waals surface area contributed by atoms with E-state index in [-0.39, 0.29) is 5.60 Å². The maximum atomic E-state index is 6.03. The van der Waals surface area contributed by atoms with Gasteiger partial charge in [0.25, 0.3) is 0 Å². The van der Waals surface area contributed by atoms with E-state index in [0.29, 0.717) is 21.9 Å². The number of anilines is 1. The van der Waals surface area contributed by atoms with Crippen molar-refractivity contribution in [2.24, 2.45) is 0 Å². The van der Waals surface area contributed by atoms with Gasteiger partial charge in [-0.1, -0.05) is 28.4 Å². The van der Waals surface area contributed by atoms with E-state index < -0.39 is 0 Å². The van der Waals surface area contributed by atoms with Gasteiger partial charge >= 0.3 is 6.01 Å². The van der Waals surface area contributed by atoms with Gasteiger partial charge in [0.1, 0.15) is 0 Å². The van der Waals surface area contributed by atoms with Crippen LogP contribution in [0.3, 0.4) is 0 Å². The van der Waals surface area contributed by atoms with Crippen molar-refractivity contribution in [3.8, 4) is 11.4 Å². The van der Waals surface area contributed by atoms with Crippen LogP contribution in [0.5, 0.6) is 0 Å². The Balaban J connectivity index is 1.54.